The first-order valence-corrected chi connectivity index (χ1v) is 11.6. The molecular weight excluding hydrogens is 465 g/mol. The molecule has 9 nitrogen and oxygen atoms in total. The van der Waals surface area contributed by atoms with E-state index < -0.39 is 0 Å². The van der Waals surface area contributed by atoms with Gasteiger partial charge < -0.3 is 19.6 Å². The van der Waals surface area contributed by atoms with Gasteiger partial charge in [-0.15, -0.1) is 0 Å². The van der Waals surface area contributed by atoms with Crippen LogP contribution in [-0.2, 0) is 21.0 Å². The average molecular weight is 489 g/mol. The Kier molecular flexibility index (Phi) is 8.85. The molecular formula is C27H24LiN5O4. The zero-order chi connectivity index (χ0) is 24.7. The smallest absolute Gasteiger partial charge is 0.637 e. The van der Waals surface area contributed by atoms with Crippen molar-refractivity contribution < 1.29 is 37.9 Å². The zero-order valence-electron chi connectivity index (χ0n) is 20.5. The summed E-state index contributed by atoms with van der Waals surface area (Å²) in [6, 6.07) is 17.0. The number of aromatic nitrogens is 4. The number of ether oxygens (including phenoxy) is 2. The number of amides is 1. The standard InChI is InChI=1S/C27H24N5O4.Li/c33-18-36-17-32-26(24-3-1-2-11-28-24)23(16-30-32)21-8-12-29-25(15-21)19-4-6-20(7-5-19)27(34)31-22-9-13-35-14-10-22;/h1-8,11-12,15-16,22H,9-10,13-14,17H2,(H,31,34);/q-1;+1. The Morgan fingerprint density at radius 2 is 1.81 bits per heavy atom. The molecule has 0 atom stereocenters. The Labute approximate surface area is 226 Å². The van der Waals surface area contributed by atoms with E-state index in [1.54, 1.807) is 23.3 Å². The fourth-order valence-corrected chi connectivity index (χ4v) is 4.21. The van der Waals surface area contributed by atoms with Crippen LogP contribution in [0.25, 0.3) is 33.8 Å². The Hall–Kier alpha value is -3.77. The fourth-order valence-electron chi connectivity index (χ4n) is 4.21. The molecule has 0 spiro atoms. The third kappa shape index (κ3) is 6.14. The fraction of sp³-hybridized carbons (Fsp3) is 0.222. The minimum Gasteiger partial charge on any atom is -0.637 e. The largest absolute Gasteiger partial charge is 1.00 e. The predicted octanol–water partition coefficient (Wildman–Crippen LogP) is 0.628. The van der Waals surface area contributed by atoms with Crippen molar-refractivity contribution in [3.8, 4) is 33.8 Å². The van der Waals surface area contributed by atoms with Crippen LogP contribution in [0.2, 0.25) is 0 Å². The quantitative estimate of drug-likeness (QED) is 0.286. The number of nitrogens with zero attached hydrogens (tertiary/aromatic N) is 4. The first-order chi connectivity index (χ1) is 17.7. The minimum absolute atomic E-state index is 0. The van der Waals surface area contributed by atoms with Gasteiger partial charge in [-0.05, 0) is 54.8 Å². The average Bonchev–Trinajstić information content (AvgIpc) is 3.37. The van der Waals surface area contributed by atoms with Crippen molar-refractivity contribution in [1.82, 2.24) is 25.1 Å². The van der Waals surface area contributed by atoms with Gasteiger partial charge in [0.2, 0.25) is 0 Å². The Morgan fingerprint density at radius 1 is 1.03 bits per heavy atom. The molecule has 0 aliphatic carbocycles. The van der Waals surface area contributed by atoms with Gasteiger partial charge in [0.25, 0.3) is 5.91 Å². The van der Waals surface area contributed by atoms with E-state index in [1.807, 2.05) is 54.6 Å². The van der Waals surface area contributed by atoms with Gasteiger partial charge in [-0.1, -0.05) is 24.7 Å². The van der Waals surface area contributed by atoms with Crippen LogP contribution in [0.3, 0.4) is 0 Å². The molecule has 1 N–H and O–H groups in total. The number of pyridine rings is 2. The first-order valence-electron chi connectivity index (χ1n) is 11.6. The summed E-state index contributed by atoms with van der Waals surface area (Å²) in [6.45, 7) is 2.71. The molecule has 0 saturated carbocycles. The summed E-state index contributed by atoms with van der Waals surface area (Å²) in [5, 5.41) is 7.47. The number of nitrogens with one attached hydrogen (secondary N) is 1. The molecule has 0 unspecified atom stereocenters. The first kappa shape index (κ1) is 26.3. The van der Waals surface area contributed by atoms with E-state index in [4.69, 9.17) is 9.47 Å². The summed E-state index contributed by atoms with van der Waals surface area (Å²) in [4.78, 5) is 32.2. The second-order valence-corrected chi connectivity index (χ2v) is 8.35. The summed E-state index contributed by atoms with van der Waals surface area (Å²) in [7, 11) is 0. The molecule has 0 bridgehead atoms. The summed E-state index contributed by atoms with van der Waals surface area (Å²) in [6.07, 6.45) is 6.79. The third-order valence-corrected chi connectivity index (χ3v) is 6.06. The van der Waals surface area contributed by atoms with Gasteiger partial charge in [0.05, 0.1) is 23.3 Å². The second-order valence-electron chi connectivity index (χ2n) is 8.35. The van der Waals surface area contributed by atoms with E-state index in [2.05, 4.69) is 20.4 Å². The molecule has 37 heavy (non-hydrogen) atoms. The van der Waals surface area contributed by atoms with E-state index in [-0.39, 0.29) is 37.5 Å². The zero-order valence-corrected chi connectivity index (χ0v) is 20.5. The van der Waals surface area contributed by atoms with Gasteiger partial charge >= 0.3 is 18.9 Å². The van der Waals surface area contributed by atoms with Crippen LogP contribution in [0.1, 0.15) is 23.2 Å². The van der Waals surface area contributed by atoms with Crippen molar-refractivity contribution in [2.75, 3.05) is 13.2 Å². The summed E-state index contributed by atoms with van der Waals surface area (Å²) >= 11 is 0. The van der Waals surface area contributed by atoms with Crippen LogP contribution in [-0.4, -0.2) is 51.4 Å². The number of carbonyl (C=O) groups is 1. The van der Waals surface area contributed by atoms with Crippen LogP contribution in [0.4, 0.5) is 0 Å². The van der Waals surface area contributed by atoms with Crippen LogP contribution in [0.15, 0.2) is 73.2 Å². The van der Waals surface area contributed by atoms with Crippen LogP contribution in [0, 0.1) is 0 Å². The second kappa shape index (κ2) is 12.5. The van der Waals surface area contributed by atoms with E-state index in [0.29, 0.717) is 30.2 Å². The van der Waals surface area contributed by atoms with Gasteiger partial charge in [-0.3, -0.25) is 14.8 Å². The third-order valence-electron chi connectivity index (χ3n) is 6.06. The van der Waals surface area contributed by atoms with Crippen molar-refractivity contribution in [1.29, 1.82) is 0 Å². The van der Waals surface area contributed by atoms with Crippen LogP contribution in [0.5, 0.6) is 0 Å². The molecule has 1 aliphatic heterocycles. The summed E-state index contributed by atoms with van der Waals surface area (Å²) in [5.41, 5.74) is 5.34. The van der Waals surface area contributed by atoms with Crippen molar-refractivity contribution in [2.24, 2.45) is 0 Å². The van der Waals surface area contributed by atoms with Crippen LogP contribution >= 0.6 is 0 Å². The molecule has 1 fully saturated rings. The monoisotopic (exact) mass is 489 g/mol. The number of carbonyl (C=O) groups excluding carboxylic acids is 2. The molecule has 0 radical (unpaired) electrons. The Bertz CT molecular complexity index is 1340. The van der Waals surface area contributed by atoms with Gasteiger partial charge in [0, 0.05) is 48.3 Å². The number of rotatable bonds is 8. The van der Waals surface area contributed by atoms with Crippen molar-refractivity contribution in [2.45, 2.75) is 25.6 Å². The summed E-state index contributed by atoms with van der Waals surface area (Å²) < 4.78 is 11.7. The predicted molar refractivity (Wildman–Crippen MR) is 132 cm³/mol. The van der Waals surface area contributed by atoms with Gasteiger partial charge in [0.1, 0.15) is 6.73 Å². The molecule has 1 saturated heterocycles. The van der Waals surface area contributed by atoms with Crippen molar-refractivity contribution in [3.63, 3.8) is 0 Å². The number of benzene rings is 1. The maximum absolute atomic E-state index is 12.6. The van der Waals surface area contributed by atoms with Crippen molar-refractivity contribution >= 4 is 12.4 Å². The topological polar surface area (TPSA) is 108 Å². The maximum atomic E-state index is 12.6. The van der Waals surface area contributed by atoms with Gasteiger partial charge in [0.15, 0.2) is 0 Å². The molecule has 10 heteroatoms. The van der Waals surface area contributed by atoms with Crippen molar-refractivity contribution in [3.05, 3.63) is 78.8 Å². The SMILES string of the molecule is O=[C-]OCn1ncc(-c2ccnc(-c3ccc(C(=O)NC4CCOCC4)cc3)c2)c1-c1ccccn1.[Li+]. The van der Waals surface area contributed by atoms with E-state index >= 15 is 0 Å². The van der Waals surface area contributed by atoms with Crippen LogP contribution < -0.4 is 24.2 Å². The Morgan fingerprint density at radius 3 is 2.54 bits per heavy atom. The maximum Gasteiger partial charge on any atom is 1.00 e. The van der Waals surface area contributed by atoms with Gasteiger partial charge in [-0.2, -0.15) is 5.10 Å². The molecule has 3 aromatic heterocycles. The number of hydrogen-bond donors (Lipinski definition) is 1. The van der Waals surface area contributed by atoms with E-state index in [0.717, 1.165) is 35.2 Å². The molecule has 5 rings (SSSR count). The Balaban J connectivity index is 0.00000320. The molecule has 4 heterocycles. The number of hydrogen-bond acceptors (Lipinski definition) is 7. The summed E-state index contributed by atoms with van der Waals surface area (Å²) in [5.74, 6) is -0.0858. The molecule has 182 valence electrons. The normalized spacial score (nSPS) is 13.4. The molecule has 1 amide bonds. The molecule has 1 aromatic carbocycles. The molecule has 4 aromatic rings. The van der Waals surface area contributed by atoms with E-state index in [1.165, 1.54) is 6.47 Å². The molecule has 1 aliphatic rings. The minimum atomic E-state index is -0.0858. The van der Waals surface area contributed by atoms with Gasteiger partial charge in [-0.25, -0.2) is 4.68 Å². The van der Waals surface area contributed by atoms with E-state index in [9.17, 15) is 9.59 Å².